The maximum Gasteiger partial charge on any atom is 0.309 e. The first-order chi connectivity index (χ1) is 6.70. The molecular weight excluding hydrogens is 196 g/mol. The molecule has 3 atom stereocenters. The molecular formula is C11H18O4. The predicted octanol–water partition coefficient (Wildman–Crippen LogP) is 0.604. The van der Waals surface area contributed by atoms with Crippen LogP contribution in [0.4, 0.5) is 0 Å². The molecule has 2 unspecified atom stereocenters. The van der Waals surface area contributed by atoms with Gasteiger partial charge in [0.15, 0.2) is 0 Å². The lowest BCUT2D eigenvalue weighted by Crippen LogP contribution is -2.63. The van der Waals surface area contributed by atoms with Gasteiger partial charge in [0.25, 0.3) is 0 Å². The van der Waals surface area contributed by atoms with Crippen molar-refractivity contribution in [2.45, 2.75) is 57.3 Å². The molecule has 0 bridgehead atoms. The zero-order valence-electron chi connectivity index (χ0n) is 9.41. The van der Waals surface area contributed by atoms with Crippen LogP contribution in [0, 0.1) is 5.41 Å². The Hall–Kier alpha value is -0.610. The monoisotopic (exact) mass is 214 g/mol. The van der Waals surface area contributed by atoms with Crippen molar-refractivity contribution in [2.24, 2.45) is 5.41 Å². The second kappa shape index (κ2) is 2.74. The van der Waals surface area contributed by atoms with Crippen LogP contribution in [-0.2, 0) is 9.53 Å². The van der Waals surface area contributed by atoms with Gasteiger partial charge in [0, 0.05) is 11.8 Å². The average molecular weight is 214 g/mol. The number of rotatable bonds is 0. The number of carbonyl (C=O) groups is 1. The van der Waals surface area contributed by atoms with Gasteiger partial charge >= 0.3 is 5.97 Å². The third-order valence-corrected chi connectivity index (χ3v) is 4.10. The van der Waals surface area contributed by atoms with Crippen LogP contribution in [0.3, 0.4) is 0 Å². The molecule has 4 heteroatoms. The van der Waals surface area contributed by atoms with Crippen LogP contribution in [0.25, 0.3) is 0 Å². The summed E-state index contributed by atoms with van der Waals surface area (Å²) in [6.45, 7) is 5.45. The van der Waals surface area contributed by atoms with E-state index in [-0.39, 0.29) is 12.4 Å². The lowest BCUT2D eigenvalue weighted by Gasteiger charge is -2.52. The first kappa shape index (κ1) is 10.9. The minimum Gasteiger partial charge on any atom is -0.456 e. The van der Waals surface area contributed by atoms with Crippen LogP contribution in [0.2, 0.25) is 0 Å². The zero-order chi connectivity index (χ0) is 11.5. The van der Waals surface area contributed by atoms with Gasteiger partial charge in [-0.3, -0.25) is 4.79 Å². The summed E-state index contributed by atoms with van der Waals surface area (Å²) in [4.78, 5) is 11.4. The molecule has 0 aromatic rings. The number of ether oxygens (including phenoxy) is 1. The second-order valence-corrected chi connectivity index (χ2v) is 5.69. The lowest BCUT2D eigenvalue weighted by atomic mass is 9.57. The van der Waals surface area contributed by atoms with Crippen LogP contribution in [0.5, 0.6) is 0 Å². The number of esters is 1. The van der Waals surface area contributed by atoms with Gasteiger partial charge in [-0.15, -0.1) is 0 Å². The van der Waals surface area contributed by atoms with E-state index in [0.29, 0.717) is 12.8 Å². The van der Waals surface area contributed by atoms with Crippen molar-refractivity contribution in [1.82, 2.24) is 0 Å². The SMILES string of the molecule is CC1(C)CC(O)CC2(C)OC(=O)C[C@]12O. The third kappa shape index (κ3) is 1.24. The topological polar surface area (TPSA) is 66.8 Å². The summed E-state index contributed by atoms with van der Waals surface area (Å²) >= 11 is 0. The van der Waals surface area contributed by atoms with Crippen molar-refractivity contribution in [2.75, 3.05) is 0 Å². The Morgan fingerprint density at radius 2 is 1.93 bits per heavy atom. The first-order valence-corrected chi connectivity index (χ1v) is 5.32. The van der Waals surface area contributed by atoms with Crippen molar-refractivity contribution in [3.63, 3.8) is 0 Å². The molecule has 0 spiro atoms. The molecule has 0 aromatic heterocycles. The van der Waals surface area contributed by atoms with E-state index in [4.69, 9.17) is 4.74 Å². The molecule has 1 saturated heterocycles. The van der Waals surface area contributed by atoms with Crippen LogP contribution in [-0.4, -0.2) is 33.5 Å². The minimum atomic E-state index is -1.16. The second-order valence-electron chi connectivity index (χ2n) is 5.69. The Labute approximate surface area is 89.2 Å². The number of aliphatic hydroxyl groups is 2. The van der Waals surface area contributed by atoms with Crippen molar-refractivity contribution in [3.8, 4) is 0 Å². The van der Waals surface area contributed by atoms with Crippen molar-refractivity contribution >= 4 is 5.97 Å². The van der Waals surface area contributed by atoms with Gasteiger partial charge in [-0.1, -0.05) is 13.8 Å². The predicted molar refractivity (Wildman–Crippen MR) is 53.1 cm³/mol. The minimum absolute atomic E-state index is 0.0310. The summed E-state index contributed by atoms with van der Waals surface area (Å²) in [5, 5.41) is 20.4. The largest absolute Gasteiger partial charge is 0.456 e. The molecule has 0 amide bonds. The van der Waals surface area contributed by atoms with Crippen LogP contribution < -0.4 is 0 Å². The fourth-order valence-corrected chi connectivity index (χ4v) is 3.21. The number of hydrogen-bond acceptors (Lipinski definition) is 4. The Bertz CT molecular complexity index is 312. The van der Waals surface area contributed by atoms with E-state index in [1.807, 2.05) is 13.8 Å². The molecule has 2 aliphatic rings. The number of fused-ring (bicyclic) bond motifs is 1. The van der Waals surface area contributed by atoms with Crippen molar-refractivity contribution in [1.29, 1.82) is 0 Å². The highest BCUT2D eigenvalue weighted by atomic mass is 16.6. The van der Waals surface area contributed by atoms with Gasteiger partial charge in [-0.25, -0.2) is 0 Å². The van der Waals surface area contributed by atoms with E-state index in [2.05, 4.69) is 0 Å². The van der Waals surface area contributed by atoms with Gasteiger partial charge < -0.3 is 14.9 Å². The van der Waals surface area contributed by atoms with Crippen LogP contribution in [0.15, 0.2) is 0 Å². The number of hydrogen-bond donors (Lipinski definition) is 2. The van der Waals surface area contributed by atoms with E-state index in [1.165, 1.54) is 0 Å². The van der Waals surface area contributed by atoms with E-state index >= 15 is 0 Å². The fourth-order valence-electron chi connectivity index (χ4n) is 3.21. The summed E-state index contributed by atoms with van der Waals surface area (Å²) in [6.07, 6.45) is 0.327. The molecule has 0 radical (unpaired) electrons. The average Bonchev–Trinajstić information content (AvgIpc) is 2.19. The molecule has 1 aliphatic carbocycles. The standard InChI is InChI=1S/C11H18O4/c1-9(2)4-7(12)5-10(3)11(9,14)6-8(13)15-10/h7,12,14H,4-6H2,1-3H3/t7?,10?,11-/m0/s1. The third-order valence-electron chi connectivity index (χ3n) is 4.10. The highest BCUT2D eigenvalue weighted by Crippen LogP contribution is 2.55. The van der Waals surface area contributed by atoms with Crippen LogP contribution >= 0.6 is 0 Å². The molecule has 1 heterocycles. The van der Waals surface area contributed by atoms with Crippen LogP contribution in [0.1, 0.15) is 40.0 Å². The Kier molecular flexibility index (Phi) is 1.99. The normalized spacial score (nSPS) is 48.6. The summed E-state index contributed by atoms with van der Waals surface area (Å²) < 4.78 is 5.21. The summed E-state index contributed by atoms with van der Waals surface area (Å²) in [6, 6.07) is 0. The van der Waals surface area contributed by atoms with Gasteiger partial charge in [0.1, 0.15) is 11.2 Å². The van der Waals surface area contributed by atoms with Gasteiger partial charge in [0.2, 0.25) is 0 Å². The molecule has 1 aliphatic heterocycles. The maximum absolute atomic E-state index is 11.4. The van der Waals surface area contributed by atoms with Crippen molar-refractivity contribution < 1.29 is 19.7 Å². The van der Waals surface area contributed by atoms with Crippen molar-refractivity contribution in [3.05, 3.63) is 0 Å². The summed E-state index contributed by atoms with van der Waals surface area (Å²) in [5.74, 6) is -0.373. The molecule has 2 fully saturated rings. The molecule has 2 rings (SSSR count). The smallest absolute Gasteiger partial charge is 0.309 e. The van der Waals surface area contributed by atoms with E-state index in [1.54, 1.807) is 6.92 Å². The van der Waals surface area contributed by atoms with E-state index in [0.717, 1.165) is 0 Å². The summed E-state index contributed by atoms with van der Waals surface area (Å²) in [7, 11) is 0. The Morgan fingerprint density at radius 3 is 2.53 bits per heavy atom. The number of carbonyl (C=O) groups excluding carboxylic acids is 1. The molecule has 4 nitrogen and oxygen atoms in total. The first-order valence-electron chi connectivity index (χ1n) is 5.32. The highest BCUT2D eigenvalue weighted by molar-refractivity contribution is 5.75. The number of aliphatic hydroxyl groups excluding tert-OH is 1. The molecule has 1 saturated carbocycles. The maximum atomic E-state index is 11.4. The fraction of sp³-hybridized carbons (Fsp3) is 0.909. The van der Waals surface area contributed by atoms with Gasteiger partial charge in [0.05, 0.1) is 12.5 Å². The quantitative estimate of drug-likeness (QED) is 0.580. The molecule has 86 valence electrons. The molecule has 0 aromatic carbocycles. The van der Waals surface area contributed by atoms with E-state index < -0.39 is 22.7 Å². The Morgan fingerprint density at radius 1 is 1.33 bits per heavy atom. The highest BCUT2D eigenvalue weighted by Gasteiger charge is 2.67. The van der Waals surface area contributed by atoms with Gasteiger partial charge in [-0.2, -0.15) is 0 Å². The molecule has 15 heavy (non-hydrogen) atoms. The Balaban J connectivity index is 2.46. The lowest BCUT2D eigenvalue weighted by molar-refractivity contribution is -0.214. The van der Waals surface area contributed by atoms with E-state index in [9.17, 15) is 15.0 Å². The zero-order valence-corrected chi connectivity index (χ0v) is 9.41. The summed E-state index contributed by atoms with van der Waals surface area (Å²) in [5.41, 5.74) is -2.60. The molecule has 2 N–H and O–H groups in total. The van der Waals surface area contributed by atoms with Gasteiger partial charge in [-0.05, 0) is 13.3 Å².